The van der Waals surface area contributed by atoms with Gasteiger partial charge < -0.3 is 10.4 Å². The van der Waals surface area contributed by atoms with E-state index in [1.54, 1.807) is 0 Å². The lowest BCUT2D eigenvalue weighted by Gasteiger charge is -2.29. The number of aromatic hydroxyl groups is 1. The molecule has 1 aliphatic rings. The van der Waals surface area contributed by atoms with Gasteiger partial charge in [-0.2, -0.15) is 0 Å². The summed E-state index contributed by atoms with van der Waals surface area (Å²) in [5.41, 5.74) is 0.141. The van der Waals surface area contributed by atoms with Gasteiger partial charge in [0, 0.05) is 12.1 Å². The molecule has 1 saturated carbocycles. The van der Waals surface area contributed by atoms with Crippen molar-refractivity contribution in [2.45, 2.75) is 51.5 Å². The summed E-state index contributed by atoms with van der Waals surface area (Å²) in [5, 5.41) is 12.5. The van der Waals surface area contributed by atoms with Gasteiger partial charge >= 0.3 is 0 Å². The van der Waals surface area contributed by atoms with Gasteiger partial charge in [-0.3, -0.25) is 4.79 Å². The van der Waals surface area contributed by atoms with Gasteiger partial charge in [-0.25, -0.2) is 4.39 Å². The molecule has 20 heavy (non-hydrogen) atoms. The average Bonchev–Trinajstić information content (AvgIpc) is 2.41. The van der Waals surface area contributed by atoms with E-state index < -0.39 is 5.82 Å². The van der Waals surface area contributed by atoms with E-state index in [9.17, 15) is 14.3 Å². The molecule has 2 N–H and O–H groups in total. The Morgan fingerprint density at radius 1 is 1.35 bits per heavy atom. The van der Waals surface area contributed by atoms with Crippen LogP contribution in [0.2, 0.25) is 0 Å². The molecule has 1 aliphatic carbocycles. The summed E-state index contributed by atoms with van der Waals surface area (Å²) in [7, 11) is 0. The number of hydrogen-bond acceptors (Lipinski definition) is 2. The number of phenols is 1. The van der Waals surface area contributed by atoms with Crippen LogP contribution in [0, 0.1) is 11.7 Å². The first-order valence-corrected chi connectivity index (χ1v) is 7.39. The second kappa shape index (κ2) is 6.73. The van der Waals surface area contributed by atoms with Gasteiger partial charge in [-0.1, -0.05) is 19.8 Å². The number of carbonyl (C=O) groups excluding carboxylic acids is 1. The summed E-state index contributed by atoms with van der Waals surface area (Å²) >= 11 is 0. The van der Waals surface area contributed by atoms with Crippen molar-refractivity contribution < 1.29 is 14.3 Å². The number of phenolic OH excluding ortho intramolecular Hbond substituents is 1. The minimum atomic E-state index is -0.542. The van der Waals surface area contributed by atoms with Gasteiger partial charge in [0.1, 0.15) is 11.6 Å². The van der Waals surface area contributed by atoms with Crippen molar-refractivity contribution in [2.24, 2.45) is 5.92 Å². The molecule has 0 unspecified atom stereocenters. The van der Waals surface area contributed by atoms with E-state index in [4.69, 9.17) is 0 Å². The van der Waals surface area contributed by atoms with E-state index in [1.165, 1.54) is 25.0 Å². The third-order valence-corrected chi connectivity index (χ3v) is 4.08. The summed E-state index contributed by atoms with van der Waals surface area (Å²) < 4.78 is 12.9. The first-order valence-electron chi connectivity index (χ1n) is 7.39. The van der Waals surface area contributed by atoms with Crippen LogP contribution in [0.3, 0.4) is 0 Å². The fraction of sp³-hybridized carbons (Fsp3) is 0.562. The predicted octanol–water partition coefficient (Wildman–Crippen LogP) is 3.62. The molecule has 0 radical (unpaired) electrons. The zero-order valence-corrected chi connectivity index (χ0v) is 11.9. The number of nitrogens with one attached hydrogen (secondary N) is 1. The van der Waals surface area contributed by atoms with Crippen LogP contribution < -0.4 is 5.32 Å². The van der Waals surface area contributed by atoms with Crippen molar-refractivity contribution in [1.82, 2.24) is 5.32 Å². The van der Waals surface area contributed by atoms with E-state index in [1.807, 2.05) is 0 Å². The molecule has 1 fully saturated rings. The van der Waals surface area contributed by atoms with Crippen LogP contribution in [-0.2, 0) is 0 Å². The lowest BCUT2D eigenvalue weighted by Crippen LogP contribution is -2.37. The normalized spacial score (nSPS) is 22.5. The van der Waals surface area contributed by atoms with E-state index in [-0.39, 0.29) is 23.3 Å². The van der Waals surface area contributed by atoms with E-state index >= 15 is 0 Å². The Balaban J connectivity index is 1.89. The molecule has 0 spiro atoms. The van der Waals surface area contributed by atoms with Gasteiger partial charge in [0.15, 0.2) is 0 Å². The number of amides is 1. The molecule has 3 nitrogen and oxygen atoms in total. The highest BCUT2D eigenvalue weighted by Crippen LogP contribution is 2.28. The highest BCUT2D eigenvalue weighted by atomic mass is 19.1. The number of halogens is 1. The van der Waals surface area contributed by atoms with Crippen LogP contribution in [0.4, 0.5) is 4.39 Å². The third kappa shape index (κ3) is 3.71. The van der Waals surface area contributed by atoms with E-state index in [0.29, 0.717) is 0 Å². The minimum Gasteiger partial charge on any atom is -0.507 e. The highest BCUT2D eigenvalue weighted by molar-refractivity contribution is 5.96. The summed E-state index contributed by atoms with van der Waals surface area (Å²) in [5.74, 6) is -0.380. The Bertz CT molecular complexity index is 468. The number of carbonyl (C=O) groups is 1. The third-order valence-electron chi connectivity index (χ3n) is 4.08. The number of benzene rings is 1. The Morgan fingerprint density at radius 2 is 2.05 bits per heavy atom. The Labute approximate surface area is 119 Å². The zero-order valence-electron chi connectivity index (χ0n) is 11.9. The molecule has 1 aromatic carbocycles. The molecule has 1 amide bonds. The van der Waals surface area contributed by atoms with Crippen molar-refractivity contribution in [3.63, 3.8) is 0 Å². The molecule has 0 saturated heterocycles. The topological polar surface area (TPSA) is 49.3 Å². The maximum Gasteiger partial charge on any atom is 0.255 e. The van der Waals surface area contributed by atoms with Crippen LogP contribution in [-0.4, -0.2) is 17.1 Å². The van der Waals surface area contributed by atoms with Crippen molar-refractivity contribution in [3.8, 4) is 5.75 Å². The zero-order chi connectivity index (χ0) is 14.5. The molecule has 0 heterocycles. The monoisotopic (exact) mass is 279 g/mol. The highest BCUT2D eigenvalue weighted by Gasteiger charge is 2.23. The van der Waals surface area contributed by atoms with Crippen molar-refractivity contribution in [2.75, 3.05) is 0 Å². The smallest absolute Gasteiger partial charge is 0.255 e. The lowest BCUT2D eigenvalue weighted by molar-refractivity contribution is 0.0918. The van der Waals surface area contributed by atoms with Crippen LogP contribution in [0.5, 0.6) is 5.75 Å². The predicted molar refractivity (Wildman–Crippen MR) is 76.2 cm³/mol. The standard InChI is InChI=1S/C16H22FNO2/c1-2-3-11-4-7-13(8-5-11)18-16(20)14-9-6-12(17)10-15(14)19/h6,9-11,13,19H,2-5,7-8H2,1H3,(H,18,20). The van der Waals surface area contributed by atoms with Gasteiger partial charge in [0.05, 0.1) is 5.56 Å². The van der Waals surface area contributed by atoms with Crippen LogP contribution in [0.1, 0.15) is 55.8 Å². The van der Waals surface area contributed by atoms with Crippen molar-refractivity contribution in [3.05, 3.63) is 29.6 Å². The van der Waals surface area contributed by atoms with Gasteiger partial charge in [0.25, 0.3) is 5.91 Å². The SMILES string of the molecule is CCCC1CCC(NC(=O)c2ccc(F)cc2O)CC1. The van der Waals surface area contributed by atoms with E-state index in [2.05, 4.69) is 12.2 Å². The molecule has 1 aromatic rings. The minimum absolute atomic E-state index is 0.141. The molecule has 0 aliphatic heterocycles. The Kier molecular flexibility index (Phi) is 4.99. The molecule has 0 atom stereocenters. The lowest BCUT2D eigenvalue weighted by atomic mass is 9.83. The molecule has 0 bridgehead atoms. The first-order chi connectivity index (χ1) is 9.60. The molecular weight excluding hydrogens is 257 g/mol. The van der Waals surface area contributed by atoms with E-state index in [0.717, 1.165) is 37.7 Å². The Hall–Kier alpha value is -1.58. The first kappa shape index (κ1) is 14.8. The van der Waals surface area contributed by atoms with Gasteiger partial charge in [-0.05, 0) is 43.7 Å². The molecular formula is C16H22FNO2. The van der Waals surface area contributed by atoms with Crippen LogP contribution >= 0.6 is 0 Å². The quantitative estimate of drug-likeness (QED) is 0.884. The van der Waals surface area contributed by atoms with Gasteiger partial charge in [-0.15, -0.1) is 0 Å². The molecule has 2 rings (SSSR count). The Morgan fingerprint density at radius 3 is 2.65 bits per heavy atom. The maximum atomic E-state index is 12.9. The largest absolute Gasteiger partial charge is 0.507 e. The second-order valence-electron chi connectivity index (χ2n) is 5.64. The summed E-state index contributed by atoms with van der Waals surface area (Å²) in [6.07, 6.45) is 6.74. The van der Waals surface area contributed by atoms with Crippen LogP contribution in [0.15, 0.2) is 18.2 Å². The number of hydrogen-bond donors (Lipinski definition) is 2. The van der Waals surface area contributed by atoms with Gasteiger partial charge in [0.2, 0.25) is 0 Å². The second-order valence-corrected chi connectivity index (χ2v) is 5.64. The van der Waals surface area contributed by atoms with Crippen LogP contribution in [0.25, 0.3) is 0 Å². The summed E-state index contributed by atoms with van der Waals surface area (Å²) in [6, 6.07) is 3.64. The fourth-order valence-electron chi connectivity index (χ4n) is 2.96. The molecule has 0 aromatic heterocycles. The average molecular weight is 279 g/mol. The molecule has 4 heteroatoms. The van der Waals surface area contributed by atoms with Crippen molar-refractivity contribution >= 4 is 5.91 Å². The number of rotatable bonds is 4. The fourth-order valence-corrected chi connectivity index (χ4v) is 2.96. The summed E-state index contributed by atoms with van der Waals surface area (Å²) in [4.78, 5) is 12.1. The summed E-state index contributed by atoms with van der Waals surface area (Å²) in [6.45, 7) is 2.20. The molecule has 110 valence electrons. The van der Waals surface area contributed by atoms with Crippen molar-refractivity contribution in [1.29, 1.82) is 0 Å². The maximum absolute atomic E-state index is 12.9.